The molecule has 11 heteroatoms. The highest BCUT2D eigenvalue weighted by atomic mass is 16.5. The van der Waals surface area contributed by atoms with Crippen molar-refractivity contribution in [2.75, 3.05) is 63.6 Å². The Morgan fingerprint density at radius 2 is 1.42 bits per heavy atom. The van der Waals surface area contributed by atoms with Crippen molar-refractivity contribution in [3.05, 3.63) is 52.6 Å². The fraction of sp³-hybridized carbons (Fsp3) is 0.590. The molecule has 1 atom stereocenters. The number of nitrogens with two attached hydrogens (primary N) is 1. The summed E-state index contributed by atoms with van der Waals surface area (Å²) in [4.78, 5) is 59.1. The van der Waals surface area contributed by atoms with Crippen LogP contribution >= 0.6 is 0 Å². The standard InChI is InChI=1S/C39H50N6O5/c1-50-35-22-31(30(21-33(35)40)25-2-3-25)26-4-6-27(7-5-26)43-14-12-24(13-15-43)23-42-16-18-44(19-17-42)28-8-9-29-32(20-28)39(49)45(38(29)48)34-10-11-36(46)41-37(34)47/h8-9,20-22,24-27,34H,2-7,10-19,23,40H2,1H3,(H,41,46,47). The lowest BCUT2D eigenvalue weighted by Gasteiger charge is -2.43. The molecular formula is C39H50N6O5. The van der Waals surface area contributed by atoms with E-state index in [9.17, 15) is 19.2 Å². The maximum Gasteiger partial charge on any atom is 0.262 e. The molecule has 266 valence electrons. The zero-order chi connectivity index (χ0) is 34.5. The number of carbonyl (C=O) groups is 4. The van der Waals surface area contributed by atoms with Crippen molar-refractivity contribution < 1.29 is 23.9 Å². The molecule has 2 aliphatic carbocycles. The van der Waals surface area contributed by atoms with Crippen LogP contribution in [0, 0.1) is 5.92 Å². The molecule has 5 fully saturated rings. The summed E-state index contributed by atoms with van der Waals surface area (Å²) in [5.74, 6) is 0.976. The SMILES string of the molecule is COc1cc(C2CCC(N3CCC(CN4CCN(c5ccc6c(c5)C(=O)N(C5CCC(=O)NC5=O)C6=O)CC4)CC3)CC2)c(C2CC2)cc1N. The molecule has 50 heavy (non-hydrogen) atoms. The minimum absolute atomic E-state index is 0.114. The van der Waals surface area contributed by atoms with Gasteiger partial charge in [0.1, 0.15) is 11.8 Å². The van der Waals surface area contributed by atoms with Crippen molar-refractivity contribution >= 4 is 35.0 Å². The molecule has 6 aliphatic rings. The van der Waals surface area contributed by atoms with Crippen molar-refractivity contribution in [3.63, 3.8) is 0 Å². The molecule has 2 aromatic carbocycles. The summed E-state index contributed by atoms with van der Waals surface area (Å²) in [5, 5.41) is 2.26. The first-order valence-corrected chi connectivity index (χ1v) is 18.8. The molecule has 1 unspecified atom stereocenters. The monoisotopic (exact) mass is 682 g/mol. The highest BCUT2D eigenvalue weighted by Crippen LogP contribution is 2.48. The summed E-state index contributed by atoms with van der Waals surface area (Å²) in [5.41, 5.74) is 11.6. The number of nitrogens with one attached hydrogen (secondary N) is 1. The quantitative estimate of drug-likeness (QED) is 0.312. The summed E-state index contributed by atoms with van der Waals surface area (Å²) >= 11 is 0. The van der Waals surface area contributed by atoms with Gasteiger partial charge < -0.3 is 20.3 Å². The lowest BCUT2D eigenvalue weighted by atomic mass is 9.78. The predicted molar refractivity (Wildman–Crippen MR) is 190 cm³/mol. The van der Waals surface area contributed by atoms with Crippen LogP contribution < -0.4 is 20.7 Å². The number of nitrogen functional groups attached to an aromatic ring is 1. The first-order valence-electron chi connectivity index (χ1n) is 18.8. The molecule has 2 saturated carbocycles. The fourth-order valence-corrected chi connectivity index (χ4v) is 9.37. The Kier molecular flexibility index (Phi) is 9.05. The van der Waals surface area contributed by atoms with Crippen LogP contribution in [0.3, 0.4) is 0 Å². The van der Waals surface area contributed by atoms with Gasteiger partial charge in [-0.25, -0.2) is 0 Å². The second kappa shape index (κ2) is 13.6. The highest BCUT2D eigenvalue weighted by Gasteiger charge is 2.45. The lowest BCUT2D eigenvalue weighted by Crippen LogP contribution is -2.54. The average molecular weight is 683 g/mol. The van der Waals surface area contributed by atoms with Crippen LogP contribution in [0.2, 0.25) is 0 Å². The maximum absolute atomic E-state index is 13.3. The van der Waals surface area contributed by atoms with E-state index in [0.29, 0.717) is 29.0 Å². The van der Waals surface area contributed by atoms with E-state index in [1.807, 2.05) is 6.07 Å². The van der Waals surface area contributed by atoms with Crippen LogP contribution in [0.4, 0.5) is 11.4 Å². The van der Waals surface area contributed by atoms with E-state index in [1.54, 1.807) is 19.2 Å². The van der Waals surface area contributed by atoms with Gasteiger partial charge in [-0.05, 0) is 130 Å². The first-order chi connectivity index (χ1) is 24.3. The third kappa shape index (κ3) is 6.38. The number of piperidine rings is 2. The van der Waals surface area contributed by atoms with Gasteiger partial charge in [-0.15, -0.1) is 0 Å². The van der Waals surface area contributed by atoms with Gasteiger partial charge in [0.15, 0.2) is 0 Å². The largest absolute Gasteiger partial charge is 0.495 e. The third-order valence-corrected chi connectivity index (χ3v) is 12.4. The number of methoxy groups -OCH3 is 1. The first kappa shape index (κ1) is 33.2. The molecule has 0 bridgehead atoms. The van der Waals surface area contributed by atoms with E-state index in [1.165, 1.54) is 75.6 Å². The Morgan fingerprint density at radius 3 is 2.08 bits per heavy atom. The summed E-state index contributed by atoms with van der Waals surface area (Å²) in [6.45, 7) is 7.19. The number of likely N-dealkylation sites (tertiary alicyclic amines) is 1. The van der Waals surface area contributed by atoms with E-state index in [2.05, 4.69) is 32.1 Å². The average Bonchev–Trinajstić information content (AvgIpc) is 3.95. The van der Waals surface area contributed by atoms with Gasteiger partial charge in [-0.2, -0.15) is 0 Å². The number of hydrogen-bond acceptors (Lipinski definition) is 9. The van der Waals surface area contributed by atoms with Crippen LogP contribution in [0.1, 0.15) is 108 Å². The summed E-state index contributed by atoms with van der Waals surface area (Å²) in [6.07, 6.45) is 10.4. The molecule has 4 heterocycles. The molecule has 4 amide bonds. The number of anilines is 2. The smallest absolute Gasteiger partial charge is 0.262 e. The molecule has 0 aromatic heterocycles. The zero-order valence-corrected chi connectivity index (χ0v) is 29.2. The Morgan fingerprint density at radius 1 is 0.760 bits per heavy atom. The minimum atomic E-state index is -0.945. The Labute approximate surface area is 294 Å². The number of amides is 4. The number of nitrogens with zero attached hydrogens (tertiary/aromatic N) is 4. The number of fused-ring (bicyclic) bond motifs is 1. The van der Waals surface area contributed by atoms with Crippen molar-refractivity contribution in [2.45, 2.75) is 88.1 Å². The maximum atomic E-state index is 13.3. The number of benzene rings is 2. The summed E-state index contributed by atoms with van der Waals surface area (Å²) in [6, 6.07) is 9.62. The second-order valence-electron chi connectivity index (χ2n) is 15.4. The van der Waals surface area contributed by atoms with E-state index >= 15 is 0 Å². The van der Waals surface area contributed by atoms with Crippen LogP contribution in [0.5, 0.6) is 5.75 Å². The molecule has 3 N–H and O–H groups in total. The Balaban J connectivity index is 0.797. The van der Waals surface area contributed by atoms with Crippen molar-refractivity contribution in [2.24, 2.45) is 5.92 Å². The number of carbonyl (C=O) groups excluding carboxylic acids is 4. The van der Waals surface area contributed by atoms with Crippen LogP contribution in [0.25, 0.3) is 0 Å². The second-order valence-corrected chi connectivity index (χ2v) is 15.4. The molecule has 8 rings (SSSR count). The molecule has 11 nitrogen and oxygen atoms in total. The molecule has 0 radical (unpaired) electrons. The van der Waals surface area contributed by atoms with Gasteiger partial charge in [-0.3, -0.25) is 34.3 Å². The van der Waals surface area contributed by atoms with Crippen molar-refractivity contribution in [1.29, 1.82) is 0 Å². The van der Waals surface area contributed by atoms with E-state index in [4.69, 9.17) is 10.5 Å². The van der Waals surface area contributed by atoms with Gasteiger partial charge in [0.2, 0.25) is 11.8 Å². The normalized spacial score (nSPS) is 27.1. The minimum Gasteiger partial charge on any atom is -0.495 e. The number of rotatable bonds is 8. The number of hydrogen-bond donors (Lipinski definition) is 2. The summed E-state index contributed by atoms with van der Waals surface area (Å²) < 4.78 is 5.61. The third-order valence-electron chi connectivity index (χ3n) is 12.4. The number of piperazine rings is 1. The van der Waals surface area contributed by atoms with Gasteiger partial charge in [0.05, 0.1) is 23.9 Å². The van der Waals surface area contributed by atoms with Crippen LogP contribution in [-0.2, 0) is 9.59 Å². The van der Waals surface area contributed by atoms with Crippen LogP contribution in [0.15, 0.2) is 30.3 Å². The Bertz CT molecular complexity index is 1670. The molecule has 4 aliphatic heterocycles. The van der Waals surface area contributed by atoms with E-state index in [-0.39, 0.29) is 18.7 Å². The molecular weight excluding hydrogens is 632 g/mol. The summed E-state index contributed by atoms with van der Waals surface area (Å²) in [7, 11) is 1.72. The number of imide groups is 2. The molecule has 3 saturated heterocycles. The van der Waals surface area contributed by atoms with Gasteiger partial charge in [-0.1, -0.05) is 0 Å². The van der Waals surface area contributed by atoms with Gasteiger partial charge >= 0.3 is 0 Å². The van der Waals surface area contributed by atoms with Crippen molar-refractivity contribution in [1.82, 2.24) is 20.0 Å². The molecule has 0 spiro atoms. The lowest BCUT2D eigenvalue weighted by molar-refractivity contribution is -0.136. The van der Waals surface area contributed by atoms with Crippen LogP contribution in [-0.4, -0.2) is 103 Å². The fourth-order valence-electron chi connectivity index (χ4n) is 9.37. The molecule has 2 aromatic rings. The van der Waals surface area contributed by atoms with E-state index < -0.39 is 23.8 Å². The van der Waals surface area contributed by atoms with Gasteiger partial charge in [0.25, 0.3) is 11.8 Å². The predicted octanol–water partition coefficient (Wildman–Crippen LogP) is 4.12. The highest BCUT2D eigenvalue weighted by molar-refractivity contribution is 6.23. The number of ether oxygens (including phenoxy) is 1. The van der Waals surface area contributed by atoms with Crippen molar-refractivity contribution in [3.8, 4) is 5.75 Å². The van der Waals surface area contributed by atoms with E-state index in [0.717, 1.165) is 60.7 Å². The van der Waals surface area contributed by atoms with Gasteiger partial charge in [0, 0.05) is 50.9 Å². The Hall–Kier alpha value is -3.96. The topological polar surface area (TPSA) is 129 Å². The zero-order valence-electron chi connectivity index (χ0n) is 29.2.